The molecule has 0 unspecified atom stereocenters. The SMILES string of the molecule is Cc1ccc(SCC(=O)OCC(=O)N[C@H](C)c2ccc(Cl)cc2)cc1C. The summed E-state index contributed by atoms with van der Waals surface area (Å²) in [6.07, 6.45) is 0. The molecule has 1 N–H and O–H groups in total. The molecule has 1 amide bonds. The third-order valence-corrected chi connectivity index (χ3v) is 5.17. The smallest absolute Gasteiger partial charge is 0.316 e. The molecule has 0 saturated carbocycles. The van der Waals surface area contributed by atoms with Gasteiger partial charge in [0.2, 0.25) is 0 Å². The molecule has 4 nitrogen and oxygen atoms in total. The van der Waals surface area contributed by atoms with Gasteiger partial charge in [-0.1, -0.05) is 29.8 Å². The Labute approximate surface area is 163 Å². The second-order valence-electron chi connectivity index (χ2n) is 6.04. The number of hydrogen-bond acceptors (Lipinski definition) is 4. The summed E-state index contributed by atoms with van der Waals surface area (Å²) in [5.74, 6) is -0.581. The largest absolute Gasteiger partial charge is 0.455 e. The molecule has 1 atom stereocenters. The number of thioether (sulfide) groups is 1. The van der Waals surface area contributed by atoms with Gasteiger partial charge < -0.3 is 10.1 Å². The number of nitrogens with one attached hydrogen (secondary N) is 1. The van der Waals surface area contributed by atoms with Crippen molar-refractivity contribution in [1.82, 2.24) is 5.32 Å². The van der Waals surface area contributed by atoms with Crippen LogP contribution in [0.25, 0.3) is 0 Å². The van der Waals surface area contributed by atoms with E-state index in [-0.39, 0.29) is 24.3 Å². The summed E-state index contributed by atoms with van der Waals surface area (Å²) in [5, 5.41) is 3.43. The highest BCUT2D eigenvalue weighted by atomic mass is 35.5. The molecule has 2 rings (SSSR count). The van der Waals surface area contributed by atoms with E-state index in [0.29, 0.717) is 5.02 Å². The van der Waals surface area contributed by atoms with Gasteiger partial charge in [-0.3, -0.25) is 9.59 Å². The number of esters is 1. The Hall–Kier alpha value is -1.98. The fraction of sp³-hybridized carbons (Fsp3) is 0.300. The van der Waals surface area contributed by atoms with Gasteiger partial charge in [-0.2, -0.15) is 0 Å². The molecule has 0 aliphatic rings. The van der Waals surface area contributed by atoms with E-state index in [2.05, 4.69) is 5.32 Å². The molecular weight excluding hydrogens is 370 g/mol. The highest BCUT2D eigenvalue weighted by Crippen LogP contribution is 2.21. The Bertz CT molecular complexity index is 777. The second-order valence-corrected chi connectivity index (χ2v) is 7.52. The predicted octanol–water partition coefficient (Wildman–Crippen LogP) is 4.47. The molecule has 0 spiro atoms. The maximum atomic E-state index is 11.9. The molecule has 0 aromatic heterocycles. The third-order valence-electron chi connectivity index (χ3n) is 3.95. The number of hydrogen-bond donors (Lipinski definition) is 1. The molecule has 26 heavy (non-hydrogen) atoms. The average Bonchev–Trinajstić information content (AvgIpc) is 2.61. The maximum Gasteiger partial charge on any atom is 0.316 e. The van der Waals surface area contributed by atoms with E-state index in [1.807, 2.05) is 51.1 Å². The van der Waals surface area contributed by atoms with Crippen molar-refractivity contribution in [1.29, 1.82) is 0 Å². The van der Waals surface area contributed by atoms with Crippen LogP contribution in [0.15, 0.2) is 47.4 Å². The van der Waals surface area contributed by atoms with Crippen LogP contribution in [-0.2, 0) is 14.3 Å². The van der Waals surface area contributed by atoms with Gasteiger partial charge in [0.1, 0.15) is 0 Å². The lowest BCUT2D eigenvalue weighted by molar-refractivity contribution is -0.146. The minimum absolute atomic E-state index is 0.169. The van der Waals surface area contributed by atoms with E-state index in [4.69, 9.17) is 16.3 Å². The van der Waals surface area contributed by atoms with Crippen molar-refractivity contribution in [2.45, 2.75) is 31.7 Å². The second kappa shape index (κ2) is 9.64. The van der Waals surface area contributed by atoms with Crippen molar-refractivity contribution in [2.75, 3.05) is 12.4 Å². The third kappa shape index (κ3) is 6.39. The fourth-order valence-electron chi connectivity index (χ4n) is 2.25. The van der Waals surface area contributed by atoms with Crippen LogP contribution in [-0.4, -0.2) is 24.2 Å². The highest BCUT2D eigenvalue weighted by molar-refractivity contribution is 8.00. The van der Waals surface area contributed by atoms with Crippen molar-refractivity contribution in [3.63, 3.8) is 0 Å². The lowest BCUT2D eigenvalue weighted by Crippen LogP contribution is -2.31. The van der Waals surface area contributed by atoms with E-state index in [9.17, 15) is 9.59 Å². The monoisotopic (exact) mass is 391 g/mol. The summed E-state index contributed by atoms with van der Waals surface area (Å²) in [7, 11) is 0. The lowest BCUT2D eigenvalue weighted by atomic mass is 10.1. The Kier molecular flexibility index (Phi) is 7.54. The highest BCUT2D eigenvalue weighted by Gasteiger charge is 2.12. The van der Waals surface area contributed by atoms with Crippen LogP contribution < -0.4 is 5.32 Å². The van der Waals surface area contributed by atoms with Gasteiger partial charge in [0.15, 0.2) is 6.61 Å². The number of amides is 1. The van der Waals surface area contributed by atoms with Gasteiger partial charge in [-0.15, -0.1) is 11.8 Å². The molecular formula is C20H22ClNO3S. The molecule has 0 fully saturated rings. The average molecular weight is 392 g/mol. The van der Waals surface area contributed by atoms with E-state index in [0.717, 1.165) is 10.5 Å². The van der Waals surface area contributed by atoms with Crippen LogP contribution in [0.4, 0.5) is 0 Å². The molecule has 0 saturated heterocycles. The molecule has 0 aliphatic heterocycles. The van der Waals surface area contributed by atoms with Gasteiger partial charge in [-0.25, -0.2) is 0 Å². The van der Waals surface area contributed by atoms with Crippen molar-refractivity contribution in [3.05, 3.63) is 64.2 Å². The van der Waals surface area contributed by atoms with Gasteiger partial charge in [0, 0.05) is 9.92 Å². The Morgan fingerprint density at radius 2 is 1.81 bits per heavy atom. The number of rotatable bonds is 7. The normalized spacial score (nSPS) is 11.7. The topological polar surface area (TPSA) is 55.4 Å². The number of carbonyl (C=O) groups excluding carboxylic acids is 2. The predicted molar refractivity (Wildman–Crippen MR) is 106 cm³/mol. The van der Waals surface area contributed by atoms with Crippen LogP contribution in [0.1, 0.15) is 29.7 Å². The Morgan fingerprint density at radius 1 is 1.12 bits per heavy atom. The van der Waals surface area contributed by atoms with Crippen LogP contribution in [0.5, 0.6) is 0 Å². The summed E-state index contributed by atoms with van der Waals surface area (Å²) in [6.45, 7) is 5.65. The Morgan fingerprint density at radius 3 is 2.46 bits per heavy atom. The quantitative estimate of drug-likeness (QED) is 0.558. The van der Waals surface area contributed by atoms with Crippen molar-refractivity contribution in [2.24, 2.45) is 0 Å². The molecule has 0 bridgehead atoms. The van der Waals surface area contributed by atoms with Crippen molar-refractivity contribution >= 4 is 35.2 Å². The lowest BCUT2D eigenvalue weighted by Gasteiger charge is -2.14. The first-order chi connectivity index (χ1) is 12.3. The minimum atomic E-state index is -0.414. The molecule has 0 heterocycles. The first-order valence-corrected chi connectivity index (χ1v) is 9.62. The van der Waals surface area contributed by atoms with Crippen molar-refractivity contribution < 1.29 is 14.3 Å². The number of benzene rings is 2. The van der Waals surface area contributed by atoms with Crippen LogP contribution in [0.3, 0.4) is 0 Å². The van der Waals surface area contributed by atoms with Gasteiger partial charge in [0.25, 0.3) is 5.91 Å². The summed E-state index contributed by atoms with van der Waals surface area (Å²) in [5.41, 5.74) is 3.32. The van der Waals surface area contributed by atoms with Crippen LogP contribution in [0, 0.1) is 13.8 Å². The number of halogens is 1. The molecule has 6 heteroatoms. The van der Waals surface area contributed by atoms with Crippen molar-refractivity contribution in [3.8, 4) is 0 Å². The first-order valence-electron chi connectivity index (χ1n) is 8.25. The summed E-state index contributed by atoms with van der Waals surface area (Å²) in [6, 6.07) is 13.1. The summed E-state index contributed by atoms with van der Waals surface area (Å²) < 4.78 is 5.04. The summed E-state index contributed by atoms with van der Waals surface area (Å²) >= 11 is 7.25. The Balaban J connectivity index is 1.73. The van der Waals surface area contributed by atoms with Gasteiger partial charge in [0.05, 0.1) is 11.8 Å². The van der Waals surface area contributed by atoms with Gasteiger partial charge >= 0.3 is 5.97 Å². The number of ether oxygens (including phenoxy) is 1. The molecule has 0 aliphatic carbocycles. The zero-order chi connectivity index (χ0) is 19.1. The van der Waals surface area contributed by atoms with E-state index in [1.54, 1.807) is 12.1 Å². The maximum absolute atomic E-state index is 11.9. The van der Waals surface area contributed by atoms with Gasteiger partial charge in [-0.05, 0) is 61.7 Å². The van der Waals surface area contributed by atoms with Crippen LogP contribution >= 0.6 is 23.4 Å². The number of aryl methyl sites for hydroxylation is 2. The molecule has 2 aromatic rings. The molecule has 0 radical (unpaired) electrons. The standard InChI is InChI=1S/C20H22ClNO3S/c1-13-4-9-18(10-14(13)2)26-12-20(24)25-11-19(23)22-15(3)16-5-7-17(21)8-6-16/h4-10,15H,11-12H2,1-3H3,(H,22,23)/t15-/m1/s1. The summed E-state index contributed by atoms with van der Waals surface area (Å²) in [4.78, 5) is 24.8. The minimum Gasteiger partial charge on any atom is -0.455 e. The number of carbonyl (C=O) groups is 2. The fourth-order valence-corrected chi connectivity index (χ4v) is 3.17. The molecule has 2 aromatic carbocycles. The molecule has 138 valence electrons. The van der Waals surface area contributed by atoms with E-state index >= 15 is 0 Å². The van der Waals surface area contributed by atoms with E-state index in [1.165, 1.54) is 22.9 Å². The van der Waals surface area contributed by atoms with E-state index < -0.39 is 5.97 Å². The van der Waals surface area contributed by atoms with Crippen LogP contribution in [0.2, 0.25) is 5.02 Å². The first kappa shape index (κ1) is 20.3. The zero-order valence-electron chi connectivity index (χ0n) is 15.0. The zero-order valence-corrected chi connectivity index (χ0v) is 16.6.